The van der Waals surface area contributed by atoms with Crippen molar-refractivity contribution in [3.05, 3.63) is 71.3 Å². The van der Waals surface area contributed by atoms with Crippen LogP contribution in [0.25, 0.3) is 0 Å². The minimum atomic E-state index is -0.390. The lowest BCUT2D eigenvalue weighted by Crippen LogP contribution is -2.43. The van der Waals surface area contributed by atoms with Gasteiger partial charge in [0.25, 0.3) is 0 Å². The van der Waals surface area contributed by atoms with E-state index in [0.717, 1.165) is 11.1 Å². The Morgan fingerprint density at radius 3 is 2.58 bits per heavy atom. The maximum atomic E-state index is 12.8. The average molecular weight is 353 g/mol. The van der Waals surface area contributed by atoms with E-state index >= 15 is 0 Å². The SMILES string of the molecule is CC(C)c1ccccc1C1CC(O)CCN1C(=O)OCc1ccccc1. The first-order valence-corrected chi connectivity index (χ1v) is 9.30. The lowest BCUT2D eigenvalue weighted by Gasteiger charge is -2.38. The van der Waals surface area contributed by atoms with Crippen molar-refractivity contribution in [2.75, 3.05) is 6.54 Å². The van der Waals surface area contributed by atoms with Gasteiger partial charge in [-0.3, -0.25) is 0 Å². The third kappa shape index (κ3) is 4.25. The first-order valence-electron chi connectivity index (χ1n) is 9.30. The van der Waals surface area contributed by atoms with Crippen LogP contribution in [0.1, 0.15) is 55.3 Å². The lowest BCUT2D eigenvalue weighted by atomic mass is 9.87. The standard InChI is InChI=1S/C22H27NO3/c1-16(2)19-10-6-7-11-20(19)21-14-18(24)12-13-23(21)22(25)26-15-17-8-4-3-5-9-17/h3-11,16,18,21,24H,12-15H2,1-2H3. The molecule has 2 atom stereocenters. The molecular formula is C22H27NO3. The second-order valence-corrected chi connectivity index (χ2v) is 7.21. The van der Waals surface area contributed by atoms with E-state index in [1.165, 1.54) is 5.56 Å². The maximum absolute atomic E-state index is 12.8. The quantitative estimate of drug-likeness (QED) is 0.871. The zero-order chi connectivity index (χ0) is 18.5. The van der Waals surface area contributed by atoms with Crippen LogP contribution in [0.4, 0.5) is 4.79 Å². The minimum absolute atomic E-state index is 0.152. The van der Waals surface area contributed by atoms with Gasteiger partial charge in [-0.25, -0.2) is 4.79 Å². The van der Waals surface area contributed by atoms with Crippen LogP contribution in [0.5, 0.6) is 0 Å². The first kappa shape index (κ1) is 18.5. The zero-order valence-electron chi connectivity index (χ0n) is 15.5. The van der Waals surface area contributed by atoms with E-state index in [9.17, 15) is 9.90 Å². The van der Waals surface area contributed by atoms with Gasteiger partial charge in [0.15, 0.2) is 0 Å². The van der Waals surface area contributed by atoms with Gasteiger partial charge in [-0.05, 0) is 35.4 Å². The fourth-order valence-electron chi connectivity index (χ4n) is 3.60. The van der Waals surface area contributed by atoms with Crippen LogP contribution < -0.4 is 0 Å². The van der Waals surface area contributed by atoms with Gasteiger partial charge < -0.3 is 14.7 Å². The van der Waals surface area contributed by atoms with E-state index in [1.807, 2.05) is 42.5 Å². The van der Waals surface area contributed by atoms with Crippen molar-refractivity contribution in [2.24, 2.45) is 0 Å². The van der Waals surface area contributed by atoms with Gasteiger partial charge in [0, 0.05) is 6.54 Å². The summed E-state index contributed by atoms with van der Waals surface area (Å²) in [5, 5.41) is 10.2. The molecule has 1 amide bonds. The Morgan fingerprint density at radius 2 is 1.85 bits per heavy atom. The van der Waals surface area contributed by atoms with Crippen LogP contribution in [0.15, 0.2) is 54.6 Å². The van der Waals surface area contributed by atoms with Gasteiger partial charge in [0.05, 0.1) is 12.1 Å². The molecule has 3 rings (SSSR count). The number of aliphatic hydroxyl groups excluding tert-OH is 1. The van der Waals surface area contributed by atoms with Crippen LogP contribution in [0.3, 0.4) is 0 Å². The molecule has 1 heterocycles. The number of hydrogen-bond donors (Lipinski definition) is 1. The molecule has 1 aliphatic rings. The molecule has 4 heteroatoms. The Hall–Kier alpha value is -2.33. The smallest absolute Gasteiger partial charge is 0.410 e. The molecule has 2 aromatic rings. The molecule has 0 aromatic heterocycles. The number of piperidine rings is 1. The molecule has 4 nitrogen and oxygen atoms in total. The summed E-state index contributed by atoms with van der Waals surface area (Å²) in [6, 6.07) is 17.7. The lowest BCUT2D eigenvalue weighted by molar-refractivity contribution is 0.0256. The number of amides is 1. The van der Waals surface area contributed by atoms with Crippen molar-refractivity contribution in [3.8, 4) is 0 Å². The average Bonchev–Trinajstić information content (AvgIpc) is 2.67. The summed E-state index contributed by atoms with van der Waals surface area (Å²) >= 11 is 0. The molecule has 1 aliphatic heterocycles. The van der Waals surface area contributed by atoms with Gasteiger partial charge in [-0.15, -0.1) is 0 Å². The Bertz CT molecular complexity index is 729. The number of carbonyl (C=O) groups is 1. The van der Waals surface area contributed by atoms with Crippen LogP contribution in [-0.4, -0.2) is 28.7 Å². The molecule has 1 saturated heterocycles. The van der Waals surface area contributed by atoms with Crippen molar-refractivity contribution in [1.29, 1.82) is 0 Å². The van der Waals surface area contributed by atoms with Crippen LogP contribution in [0, 0.1) is 0 Å². The summed E-state index contributed by atoms with van der Waals surface area (Å²) in [4.78, 5) is 14.5. The third-order valence-corrected chi connectivity index (χ3v) is 4.99. The molecule has 26 heavy (non-hydrogen) atoms. The number of benzene rings is 2. The van der Waals surface area contributed by atoms with Gasteiger partial charge in [0.1, 0.15) is 6.61 Å². The Balaban J connectivity index is 1.79. The first-order chi connectivity index (χ1) is 12.6. The Labute approximate surface area is 155 Å². The molecule has 1 N–H and O–H groups in total. The Morgan fingerprint density at radius 1 is 1.15 bits per heavy atom. The fourth-order valence-corrected chi connectivity index (χ4v) is 3.60. The molecule has 138 valence electrons. The van der Waals surface area contributed by atoms with Gasteiger partial charge in [-0.1, -0.05) is 68.4 Å². The monoisotopic (exact) mass is 353 g/mol. The highest BCUT2D eigenvalue weighted by Gasteiger charge is 2.34. The number of carbonyl (C=O) groups excluding carboxylic acids is 1. The largest absolute Gasteiger partial charge is 0.445 e. The molecule has 0 saturated carbocycles. The number of rotatable bonds is 4. The molecule has 0 spiro atoms. The van der Waals surface area contributed by atoms with Crippen LogP contribution in [-0.2, 0) is 11.3 Å². The van der Waals surface area contributed by atoms with E-state index in [0.29, 0.717) is 25.3 Å². The summed E-state index contributed by atoms with van der Waals surface area (Å²) < 4.78 is 5.56. The van der Waals surface area contributed by atoms with Crippen molar-refractivity contribution < 1.29 is 14.6 Å². The fraction of sp³-hybridized carbons (Fsp3) is 0.409. The molecule has 0 radical (unpaired) electrons. The number of aliphatic hydroxyl groups is 1. The molecule has 2 unspecified atom stereocenters. The summed E-state index contributed by atoms with van der Waals surface area (Å²) in [5.41, 5.74) is 3.29. The van der Waals surface area contributed by atoms with Crippen LogP contribution >= 0.6 is 0 Å². The van der Waals surface area contributed by atoms with E-state index < -0.39 is 6.10 Å². The van der Waals surface area contributed by atoms with Crippen molar-refractivity contribution in [1.82, 2.24) is 4.90 Å². The molecule has 1 fully saturated rings. The highest BCUT2D eigenvalue weighted by Crippen LogP contribution is 2.35. The normalized spacial score (nSPS) is 20.2. The topological polar surface area (TPSA) is 49.8 Å². The molecule has 2 aromatic carbocycles. The van der Waals surface area contributed by atoms with Crippen molar-refractivity contribution in [3.63, 3.8) is 0 Å². The molecule has 0 aliphatic carbocycles. The number of likely N-dealkylation sites (tertiary alicyclic amines) is 1. The van der Waals surface area contributed by atoms with Gasteiger partial charge in [0.2, 0.25) is 0 Å². The number of nitrogens with zero attached hydrogens (tertiary/aromatic N) is 1. The predicted molar refractivity (Wildman–Crippen MR) is 102 cm³/mol. The summed E-state index contributed by atoms with van der Waals surface area (Å²) in [6.45, 7) is 5.06. The van der Waals surface area contributed by atoms with E-state index in [2.05, 4.69) is 26.0 Å². The number of ether oxygens (including phenoxy) is 1. The van der Waals surface area contributed by atoms with Crippen molar-refractivity contribution >= 4 is 6.09 Å². The predicted octanol–water partition coefficient (Wildman–Crippen LogP) is 4.64. The van der Waals surface area contributed by atoms with Gasteiger partial charge >= 0.3 is 6.09 Å². The Kier molecular flexibility index (Phi) is 5.94. The molecule has 0 bridgehead atoms. The summed E-state index contributed by atoms with van der Waals surface area (Å²) in [6.07, 6.45) is 0.424. The summed E-state index contributed by atoms with van der Waals surface area (Å²) in [7, 11) is 0. The van der Waals surface area contributed by atoms with E-state index in [-0.39, 0.29) is 18.7 Å². The maximum Gasteiger partial charge on any atom is 0.410 e. The van der Waals surface area contributed by atoms with E-state index in [1.54, 1.807) is 4.90 Å². The molecular weight excluding hydrogens is 326 g/mol. The summed E-state index contributed by atoms with van der Waals surface area (Å²) in [5.74, 6) is 0.354. The highest BCUT2D eigenvalue weighted by atomic mass is 16.6. The number of hydrogen-bond acceptors (Lipinski definition) is 3. The second-order valence-electron chi connectivity index (χ2n) is 7.21. The van der Waals surface area contributed by atoms with Gasteiger partial charge in [-0.2, -0.15) is 0 Å². The second kappa shape index (κ2) is 8.37. The highest BCUT2D eigenvalue weighted by molar-refractivity contribution is 5.68. The van der Waals surface area contributed by atoms with Crippen molar-refractivity contribution in [2.45, 2.75) is 51.4 Å². The zero-order valence-corrected chi connectivity index (χ0v) is 15.5. The third-order valence-electron chi connectivity index (χ3n) is 4.99. The minimum Gasteiger partial charge on any atom is -0.445 e. The van der Waals surface area contributed by atoms with Crippen LogP contribution in [0.2, 0.25) is 0 Å². The van der Waals surface area contributed by atoms with E-state index in [4.69, 9.17) is 4.74 Å².